The largest absolute Gasteiger partial charge is 0.292 e. The zero-order valence-corrected chi connectivity index (χ0v) is 10.7. The number of hydrogen-bond donors (Lipinski definition) is 0. The van der Waals surface area contributed by atoms with Crippen LogP contribution in [0.5, 0.6) is 0 Å². The van der Waals surface area contributed by atoms with E-state index in [4.69, 9.17) is 8.37 Å². The Morgan fingerprint density at radius 1 is 0.857 bits per heavy atom. The predicted molar refractivity (Wildman–Crippen MR) is 61.7 cm³/mol. The summed E-state index contributed by atoms with van der Waals surface area (Å²) in [6.07, 6.45) is 1.73. The maximum atomic E-state index is 12.6. The van der Waals surface area contributed by atoms with E-state index < -0.39 is 9.63 Å². The second-order valence-corrected chi connectivity index (χ2v) is 7.19. The van der Waals surface area contributed by atoms with Gasteiger partial charge in [0.15, 0.2) is 0 Å². The van der Waals surface area contributed by atoms with Crippen LogP contribution in [-0.2, 0) is 18.0 Å². The van der Waals surface area contributed by atoms with Crippen LogP contribution in [0.15, 0.2) is 0 Å². The first-order chi connectivity index (χ1) is 6.54. The molecule has 0 aromatic carbocycles. The van der Waals surface area contributed by atoms with E-state index >= 15 is 0 Å². The molecule has 0 saturated carbocycles. The molecule has 0 amide bonds. The lowest BCUT2D eigenvalue weighted by atomic mass is 10.5. The van der Waals surface area contributed by atoms with Crippen LogP contribution in [0.4, 0.5) is 0 Å². The summed E-state index contributed by atoms with van der Waals surface area (Å²) < 4.78 is 23.6. The maximum Gasteiger partial charge on any atom is 0.0867 e. The standard InChI is InChI=1S/C10H24O3S/c1-5-9-12-14(11,7-3,8-4)13-10-6-2/h5-10H2,1-4H3. The van der Waals surface area contributed by atoms with E-state index in [0.717, 1.165) is 12.8 Å². The predicted octanol–water partition coefficient (Wildman–Crippen LogP) is 2.53. The van der Waals surface area contributed by atoms with Crippen molar-refractivity contribution in [1.82, 2.24) is 0 Å². The van der Waals surface area contributed by atoms with Crippen LogP contribution < -0.4 is 0 Å². The van der Waals surface area contributed by atoms with E-state index in [9.17, 15) is 4.21 Å². The molecule has 0 aliphatic heterocycles. The fourth-order valence-corrected chi connectivity index (χ4v) is 3.33. The van der Waals surface area contributed by atoms with Gasteiger partial charge in [-0.15, -0.1) is 0 Å². The summed E-state index contributed by atoms with van der Waals surface area (Å²) in [5.74, 6) is 0.904. The minimum Gasteiger partial charge on any atom is -0.292 e. The Hall–Kier alpha value is 0.0700. The molecule has 0 heterocycles. The van der Waals surface area contributed by atoms with Crippen LogP contribution in [-0.4, -0.2) is 28.9 Å². The molecule has 0 N–H and O–H groups in total. The zero-order chi connectivity index (χ0) is 11.1. The van der Waals surface area contributed by atoms with E-state index in [-0.39, 0.29) is 0 Å². The van der Waals surface area contributed by atoms with Gasteiger partial charge in [0.25, 0.3) is 0 Å². The zero-order valence-electron chi connectivity index (χ0n) is 9.88. The van der Waals surface area contributed by atoms with Gasteiger partial charge in [0.1, 0.15) is 0 Å². The van der Waals surface area contributed by atoms with E-state index in [0.29, 0.717) is 24.7 Å². The average Bonchev–Trinajstić information content (AvgIpc) is 2.24. The summed E-state index contributed by atoms with van der Waals surface area (Å²) in [6.45, 7) is 8.76. The molecule has 0 unspecified atom stereocenters. The summed E-state index contributed by atoms with van der Waals surface area (Å²) in [7, 11) is -3.25. The van der Waals surface area contributed by atoms with Crippen molar-refractivity contribution in [1.29, 1.82) is 0 Å². The van der Waals surface area contributed by atoms with Crippen LogP contribution in [0.2, 0.25) is 0 Å². The van der Waals surface area contributed by atoms with Crippen LogP contribution in [0.1, 0.15) is 40.5 Å². The Bertz CT molecular complexity index is 191. The lowest BCUT2D eigenvalue weighted by Crippen LogP contribution is -2.43. The molecule has 0 fully saturated rings. The smallest absolute Gasteiger partial charge is 0.0867 e. The highest BCUT2D eigenvalue weighted by Crippen LogP contribution is 2.29. The van der Waals surface area contributed by atoms with Crippen molar-refractivity contribution in [2.75, 3.05) is 24.7 Å². The molecule has 0 bridgehead atoms. The maximum absolute atomic E-state index is 12.6. The molecule has 14 heavy (non-hydrogen) atoms. The highest BCUT2D eigenvalue weighted by Gasteiger charge is 2.34. The third-order valence-electron chi connectivity index (χ3n) is 2.22. The van der Waals surface area contributed by atoms with Crippen LogP contribution in [0.3, 0.4) is 0 Å². The van der Waals surface area contributed by atoms with Gasteiger partial charge in [0.05, 0.1) is 22.8 Å². The van der Waals surface area contributed by atoms with E-state index in [1.165, 1.54) is 0 Å². The summed E-state index contributed by atoms with van der Waals surface area (Å²) in [5.41, 5.74) is 0. The number of hydrogen-bond acceptors (Lipinski definition) is 3. The van der Waals surface area contributed by atoms with Gasteiger partial charge >= 0.3 is 0 Å². The molecule has 0 rings (SSSR count). The Morgan fingerprint density at radius 2 is 1.21 bits per heavy atom. The molecule has 0 atom stereocenters. The molecule has 0 aromatic heterocycles. The van der Waals surface area contributed by atoms with Crippen molar-refractivity contribution in [3.8, 4) is 0 Å². The van der Waals surface area contributed by atoms with E-state index in [2.05, 4.69) is 0 Å². The Morgan fingerprint density at radius 3 is 1.43 bits per heavy atom. The van der Waals surface area contributed by atoms with Gasteiger partial charge in [-0.2, -0.15) is 0 Å². The molecule has 0 radical (unpaired) electrons. The molecule has 0 aliphatic rings. The minimum atomic E-state index is -3.25. The lowest BCUT2D eigenvalue weighted by Gasteiger charge is -2.39. The molecule has 0 spiro atoms. The highest BCUT2D eigenvalue weighted by molar-refractivity contribution is 8.11. The van der Waals surface area contributed by atoms with Crippen LogP contribution in [0, 0.1) is 0 Å². The minimum absolute atomic E-state index is 0.452. The van der Waals surface area contributed by atoms with Gasteiger partial charge in [-0.3, -0.25) is 8.37 Å². The summed E-state index contributed by atoms with van der Waals surface area (Å²) in [6, 6.07) is 0. The van der Waals surface area contributed by atoms with Gasteiger partial charge in [-0.25, -0.2) is 4.21 Å². The molecule has 3 nitrogen and oxygen atoms in total. The summed E-state index contributed by atoms with van der Waals surface area (Å²) in [5, 5.41) is 0. The van der Waals surface area contributed by atoms with Gasteiger partial charge in [-0.1, -0.05) is 27.7 Å². The van der Waals surface area contributed by atoms with Gasteiger partial charge in [-0.05, 0) is 12.8 Å². The van der Waals surface area contributed by atoms with E-state index in [1.807, 2.05) is 27.7 Å². The third kappa shape index (κ3) is 3.67. The quantitative estimate of drug-likeness (QED) is 0.635. The molecule has 0 aromatic rings. The van der Waals surface area contributed by atoms with Crippen LogP contribution in [0.25, 0.3) is 0 Å². The second-order valence-electron chi connectivity index (χ2n) is 3.34. The van der Waals surface area contributed by atoms with Crippen molar-refractivity contribution in [2.45, 2.75) is 40.5 Å². The third-order valence-corrected chi connectivity index (χ3v) is 5.83. The fourth-order valence-electron chi connectivity index (χ4n) is 1.11. The Balaban J connectivity index is 4.54. The van der Waals surface area contributed by atoms with Gasteiger partial charge in [0.2, 0.25) is 0 Å². The molecule has 4 heteroatoms. The highest BCUT2D eigenvalue weighted by atomic mass is 32.3. The average molecular weight is 224 g/mol. The molecule has 88 valence electrons. The SMILES string of the molecule is CCCOS(=O)(CC)(CC)OCCC. The van der Waals surface area contributed by atoms with Crippen molar-refractivity contribution >= 4 is 9.63 Å². The first kappa shape index (κ1) is 14.1. The second kappa shape index (κ2) is 5.83. The molecule has 0 aliphatic carbocycles. The van der Waals surface area contributed by atoms with Gasteiger partial charge < -0.3 is 0 Å². The van der Waals surface area contributed by atoms with Crippen molar-refractivity contribution in [3.63, 3.8) is 0 Å². The summed E-state index contributed by atoms with van der Waals surface area (Å²) in [4.78, 5) is 0. The van der Waals surface area contributed by atoms with Crippen molar-refractivity contribution in [3.05, 3.63) is 0 Å². The topological polar surface area (TPSA) is 35.5 Å². The van der Waals surface area contributed by atoms with E-state index in [1.54, 1.807) is 0 Å². The first-order valence-electron chi connectivity index (χ1n) is 5.48. The first-order valence-corrected chi connectivity index (χ1v) is 7.64. The Labute approximate surface area is 88.0 Å². The number of rotatable bonds is 8. The lowest BCUT2D eigenvalue weighted by molar-refractivity contribution is 0.212. The normalized spacial score (nSPS) is 15.0. The van der Waals surface area contributed by atoms with Gasteiger partial charge in [0, 0.05) is 11.5 Å². The van der Waals surface area contributed by atoms with Crippen molar-refractivity contribution < 1.29 is 12.6 Å². The van der Waals surface area contributed by atoms with Crippen molar-refractivity contribution in [2.24, 2.45) is 0 Å². The Kier molecular flexibility index (Phi) is 5.86. The molecular formula is C10H24O3S. The molecule has 0 saturated heterocycles. The monoisotopic (exact) mass is 224 g/mol. The fraction of sp³-hybridized carbons (Fsp3) is 1.00. The molecular weight excluding hydrogens is 200 g/mol. The van der Waals surface area contributed by atoms with Crippen LogP contribution >= 0.6 is 0 Å². The summed E-state index contributed by atoms with van der Waals surface area (Å²) >= 11 is 0.